The maximum atomic E-state index is 13.1. The number of alkyl halides is 1. The molecule has 0 spiro atoms. The van der Waals surface area contributed by atoms with E-state index in [1.165, 1.54) is 6.07 Å². The third-order valence-electron chi connectivity index (χ3n) is 3.01. The van der Waals surface area contributed by atoms with Crippen molar-refractivity contribution in [1.29, 1.82) is 0 Å². The van der Waals surface area contributed by atoms with Crippen molar-refractivity contribution >= 4 is 23.2 Å². The molecular formula is C12H13Cl2F. The standard InChI is InChI=1S/C12H13Cl2F/c13-9-3-1-2-8(6-9)11-7-10(15)4-5-12(11)14/h4-5,7-9H,1-3,6H2. The van der Waals surface area contributed by atoms with Gasteiger partial charge in [-0.2, -0.15) is 0 Å². The molecule has 0 nitrogen and oxygen atoms in total. The number of hydrogen-bond acceptors (Lipinski definition) is 0. The van der Waals surface area contributed by atoms with Gasteiger partial charge in [-0.3, -0.25) is 0 Å². The van der Waals surface area contributed by atoms with Crippen LogP contribution >= 0.6 is 23.2 Å². The Balaban J connectivity index is 2.24. The summed E-state index contributed by atoms with van der Waals surface area (Å²) in [6.07, 6.45) is 4.13. The number of halogens is 3. The van der Waals surface area contributed by atoms with Crippen molar-refractivity contribution in [3.05, 3.63) is 34.6 Å². The van der Waals surface area contributed by atoms with Crippen LogP contribution in [-0.4, -0.2) is 5.38 Å². The zero-order chi connectivity index (χ0) is 10.8. The van der Waals surface area contributed by atoms with Crippen molar-refractivity contribution in [3.8, 4) is 0 Å². The highest BCUT2D eigenvalue weighted by Gasteiger charge is 2.23. The molecule has 1 aliphatic carbocycles. The topological polar surface area (TPSA) is 0 Å². The molecule has 1 saturated carbocycles. The van der Waals surface area contributed by atoms with Crippen LogP contribution in [0.1, 0.15) is 37.2 Å². The predicted molar refractivity (Wildman–Crippen MR) is 62.3 cm³/mol. The minimum absolute atomic E-state index is 0.211. The molecule has 2 atom stereocenters. The van der Waals surface area contributed by atoms with Gasteiger partial charge in [0.25, 0.3) is 0 Å². The normalized spacial score (nSPS) is 26.6. The lowest BCUT2D eigenvalue weighted by Gasteiger charge is -2.26. The average molecular weight is 247 g/mol. The molecule has 0 bridgehead atoms. The van der Waals surface area contributed by atoms with Gasteiger partial charge >= 0.3 is 0 Å². The van der Waals surface area contributed by atoms with Gasteiger partial charge in [0.05, 0.1) is 0 Å². The van der Waals surface area contributed by atoms with E-state index in [0.29, 0.717) is 10.9 Å². The van der Waals surface area contributed by atoms with Crippen molar-refractivity contribution < 1.29 is 4.39 Å². The van der Waals surface area contributed by atoms with E-state index < -0.39 is 0 Å². The Morgan fingerprint density at radius 2 is 2.07 bits per heavy atom. The summed E-state index contributed by atoms with van der Waals surface area (Å²) in [7, 11) is 0. The molecule has 0 aliphatic heterocycles. The van der Waals surface area contributed by atoms with Gasteiger partial charge in [-0.25, -0.2) is 4.39 Å². The summed E-state index contributed by atoms with van der Waals surface area (Å²) in [5, 5.41) is 0.871. The first-order valence-corrected chi connectivity index (χ1v) is 6.07. The zero-order valence-corrected chi connectivity index (χ0v) is 9.86. The molecule has 0 aromatic heterocycles. The van der Waals surface area contributed by atoms with Gasteiger partial charge < -0.3 is 0 Å². The highest BCUT2D eigenvalue weighted by Crippen LogP contribution is 2.38. The highest BCUT2D eigenvalue weighted by molar-refractivity contribution is 6.31. The molecule has 2 unspecified atom stereocenters. The first-order chi connectivity index (χ1) is 7.16. The molecule has 2 rings (SSSR count). The Hall–Kier alpha value is -0.270. The molecule has 82 valence electrons. The smallest absolute Gasteiger partial charge is 0.123 e. The Kier molecular flexibility index (Phi) is 3.53. The molecule has 0 N–H and O–H groups in total. The van der Waals surface area contributed by atoms with E-state index in [-0.39, 0.29) is 11.2 Å². The van der Waals surface area contributed by atoms with Crippen LogP contribution in [0.3, 0.4) is 0 Å². The monoisotopic (exact) mass is 246 g/mol. The lowest BCUT2D eigenvalue weighted by molar-refractivity contribution is 0.448. The minimum atomic E-state index is -0.217. The quantitative estimate of drug-likeness (QED) is 0.628. The van der Waals surface area contributed by atoms with Crippen LogP contribution in [0, 0.1) is 5.82 Å². The molecular weight excluding hydrogens is 234 g/mol. The molecule has 0 amide bonds. The van der Waals surface area contributed by atoms with Crippen LogP contribution in [-0.2, 0) is 0 Å². The maximum Gasteiger partial charge on any atom is 0.123 e. The van der Waals surface area contributed by atoms with Crippen molar-refractivity contribution in [3.63, 3.8) is 0 Å². The number of rotatable bonds is 1. The predicted octanol–water partition coefficient (Wildman–Crippen LogP) is 4.74. The molecule has 1 aliphatic rings. The summed E-state index contributed by atoms with van der Waals surface area (Å²) >= 11 is 12.2. The SMILES string of the molecule is Fc1ccc(Cl)c(C2CCCC(Cl)C2)c1. The van der Waals surface area contributed by atoms with Crippen LogP contribution in [0.25, 0.3) is 0 Å². The van der Waals surface area contributed by atoms with Crippen LogP contribution < -0.4 is 0 Å². The average Bonchev–Trinajstić information content (AvgIpc) is 2.22. The van der Waals surface area contributed by atoms with Crippen molar-refractivity contribution in [2.45, 2.75) is 37.0 Å². The first-order valence-electron chi connectivity index (χ1n) is 5.26. The summed E-state index contributed by atoms with van der Waals surface area (Å²) in [6, 6.07) is 4.57. The molecule has 0 radical (unpaired) electrons. The second-order valence-corrected chi connectivity index (χ2v) is 5.15. The van der Waals surface area contributed by atoms with Crippen molar-refractivity contribution in [2.75, 3.05) is 0 Å². The molecule has 3 heteroatoms. The third kappa shape index (κ3) is 2.64. The van der Waals surface area contributed by atoms with Gasteiger partial charge in [-0.15, -0.1) is 11.6 Å². The van der Waals surface area contributed by atoms with Gasteiger partial charge in [0, 0.05) is 10.4 Å². The molecule has 15 heavy (non-hydrogen) atoms. The van der Waals surface area contributed by atoms with E-state index in [0.717, 1.165) is 31.2 Å². The van der Waals surface area contributed by atoms with E-state index in [2.05, 4.69) is 0 Å². The van der Waals surface area contributed by atoms with Crippen molar-refractivity contribution in [2.24, 2.45) is 0 Å². The fourth-order valence-electron chi connectivity index (χ4n) is 2.24. The van der Waals surface area contributed by atoms with Gasteiger partial charge in [-0.05, 0) is 48.9 Å². The van der Waals surface area contributed by atoms with Crippen LogP contribution in [0.4, 0.5) is 4.39 Å². The van der Waals surface area contributed by atoms with Gasteiger partial charge in [0.2, 0.25) is 0 Å². The highest BCUT2D eigenvalue weighted by atomic mass is 35.5. The fourth-order valence-corrected chi connectivity index (χ4v) is 2.88. The van der Waals surface area contributed by atoms with E-state index >= 15 is 0 Å². The maximum absolute atomic E-state index is 13.1. The van der Waals surface area contributed by atoms with Crippen molar-refractivity contribution in [1.82, 2.24) is 0 Å². The van der Waals surface area contributed by atoms with Gasteiger partial charge in [0.15, 0.2) is 0 Å². The largest absolute Gasteiger partial charge is 0.207 e. The second-order valence-electron chi connectivity index (χ2n) is 4.13. The first kappa shape index (κ1) is 11.2. The summed E-state index contributed by atoms with van der Waals surface area (Å²) < 4.78 is 13.1. The molecule has 1 aromatic carbocycles. The van der Waals surface area contributed by atoms with Gasteiger partial charge in [0.1, 0.15) is 5.82 Å². The van der Waals surface area contributed by atoms with E-state index in [4.69, 9.17) is 23.2 Å². The molecule has 1 aromatic rings. The Bertz CT molecular complexity index is 351. The summed E-state index contributed by atoms with van der Waals surface area (Å²) in [4.78, 5) is 0. The van der Waals surface area contributed by atoms with Crippen LogP contribution in [0.2, 0.25) is 5.02 Å². The van der Waals surface area contributed by atoms with Crippen LogP contribution in [0.15, 0.2) is 18.2 Å². The summed E-state index contributed by atoms with van der Waals surface area (Å²) in [5.41, 5.74) is 0.919. The second kappa shape index (κ2) is 4.71. The molecule has 1 fully saturated rings. The Labute approximate surface area is 99.4 Å². The van der Waals surface area contributed by atoms with E-state index in [9.17, 15) is 4.39 Å². The Morgan fingerprint density at radius 1 is 1.27 bits per heavy atom. The summed E-state index contributed by atoms with van der Waals surface area (Å²) in [6.45, 7) is 0. The molecule has 0 heterocycles. The Morgan fingerprint density at radius 3 is 2.80 bits per heavy atom. The zero-order valence-electron chi connectivity index (χ0n) is 8.35. The van der Waals surface area contributed by atoms with Crippen LogP contribution in [0.5, 0.6) is 0 Å². The lowest BCUT2D eigenvalue weighted by Crippen LogP contribution is -2.14. The molecule has 0 saturated heterocycles. The van der Waals surface area contributed by atoms with E-state index in [1.807, 2.05) is 0 Å². The fraction of sp³-hybridized carbons (Fsp3) is 0.500. The lowest BCUT2D eigenvalue weighted by atomic mass is 9.84. The minimum Gasteiger partial charge on any atom is -0.207 e. The number of benzene rings is 1. The number of hydrogen-bond donors (Lipinski definition) is 0. The van der Waals surface area contributed by atoms with Gasteiger partial charge in [-0.1, -0.05) is 18.0 Å². The third-order valence-corrected chi connectivity index (χ3v) is 3.75. The van der Waals surface area contributed by atoms with E-state index in [1.54, 1.807) is 12.1 Å². The summed E-state index contributed by atoms with van der Waals surface area (Å²) in [5.74, 6) is 0.107.